The molecule has 1 aliphatic carbocycles. The number of amides is 2. The molecule has 2 fully saturated rings. The first kappa shape index (κ1) is 13.1. The van der Waals surface area contributed by atoms with Gasteiger partial charge in [0.2, 0.25) is 0 Å². The number of nitrogens with one attached hydrogen (secondary N) is 1. The maximum absolute atomic E-state index is 11.9. The predicted molar refractivity (Wildman–Crippen MR) is 64.0 cm³/mol. The Labute approximate surface area is 106 Å². The van der Waals surface area contributed by atoms with E-state index in [-0.39, 0.29) is 18.1 Å². The Morgan fingerprint density at radius 3 is 2.67 bits per heavy atom. The molecule has 3 N–H and O–H groups in total. The molecular formula is C12H20N2O4. The van der Waals surface area contributed by atoms with Crippen LogP contribution in [0.1, 0.15) is 26.2 Å². The van der Waals surface area contributed by atoms with Gasteiger partial charge < -0.3 is 20.4 Å². The molecule has 2 amide bonds. The van der Waals surface area contributed by atoms with Gasteiger partial charge in [0.1, 0.15) is 6.04 Å². The summed E-state index contributed by atoms with van der Waals surface area (Å²) in [5.74, 6) is -0.471. The molecule has 1 saturated heterocycles. The van der Waals surface area contributed by atoms with E-state index in [4.69, 9.17) is 5.11 Å². The summed E-state index contributed by atoms with van der Waals surface area (Å²) in [5, 5.41) is 21.2. The second-order valence-electron chi connectivity index (χ2n) is 5.22. The second-order valence-corrected chi connectivity index (χ2v) is 5.22. The zero-order valence-corrected chi connectivity index (χ0v) is 10.5. The summed E-state index contributed by atoms with van der Waals surface area (Å²) in [6, 6.07) is -1.16. The maximum Gasteiger partial charge on any atom is 0.326 e. The minimum absolute atomic E-state index is 0.167. The van der Waals surface area contributed by atoms with Crippen LogP contribution in [-0.4, -0.2) is 52.3 Å². The van der Waals surface area contributed by atoms with E-state index in [9.17, 15) is 14.7 Å². The second kappa shape index (κ2) is 5.14. The molecule has 0 bridgehead atoms. The van der Waals surface area contributed by atoms with Crippen molar-refractivity contribution in [1.29, 1.82) is 0 Å². The number of carbonyl (C=O) groups excluding carboxylic acids is 1. The minimum atomic E-state index is -1.01. The molecule has 0 aromatic carbocycles. The largest absolute Gasteiger partial charge is 0.480 e. The quantitative estimate of drug-likeness (QED) is 0.675. The number of nitrogens with zero attached hydrogens (tertiary/aromatic N) is 1. The number of aliphatic hydroxyl groups is 1. The predicted octanol–water partition coefficient (Wildman–Crippen LogP) is 0.262. The van der Waals surface area contributed by atoms with Gasteiger partial charge >= 0.3 is 12.0 Å². The number of aliphatic hydroxyl groups excluding tert-OH is 1. The van der Waals surface area contributed by atoms with Crippen LogP contribution >= 0.6 is 0 Å². The van der Waals surface area contributed by atoms with Crippen molar-refractivity contribution < 1.29 is 19.8 Å². The average Bonchev–Trinajstić information content (AvgIpc) is 2.88. The fourth-order valence-corrected chi connectivity index (χ4v) is 2.98. The van der Waals surface area contributed by atoms with Crippen LogP contribution in [0.2, 0.25) is 0 Å². The average molecular weight is 256 g/mol. The number of fused-ring (bicyclic) bond motifs is 1. The highest BCUT2D eigenvalue weighted by Gasteiger charge is 2.43. The third-order valence-corrected chi connectivity index (χ3v) is 4.11. The molecular weight excluding hydrogens is 236 g/mol. The summed E-state index contributed by atoms with van der Waals surface area (Å²) in [6.07, 6.45) is 1.82. The Hall–Kier alpha value is -1.30. The van der Waals surface area contributed by atoms with Crippen LogP contribution in [0.3, 0.4) is 0 Å². The van der Waals surface area contributed by atoms with E-state index < -0.39 is 12.0 Å². The first-order chi connectivity index (χ1) is 8.52. The first-order valence-corrected chi connectivity index (χ1v) is 6.49. The van der Waals surface area contributed by atoms with Crippen LogP contribution in [0.25, 0.3) is 0 Å². The van der Waals surface area contributed by atoms with Crippen LogP contribution < -0.4 is 5.32 Å². The molecule has 4 atom stereocenters. The molecule has 18 heavy (non-hydrogen) atoms. The molecule has 102 valence electrons. The lowest BCUT2D eigenvalue weighted by Gasteiger charge is -2.21. The normalized spacial score (nSPS) is 32.1. The number of hydrogen-bond donors (Lipinski definition) is 3. The smallest absolute Gasteiger partial charge is 0.326 e. The minimum Gasteiger partial charge on any atom is -0.480 e. The molecule has 2 aliphatic rings. The van der Waals surface area contributed by atoms with Crippen molar-refractivity contribution in [2.24, 2.45) is 11.8 Å². The summed E-state index contributed by atoms with van der Waals surface area (Å²) in [7, 11) is 0. The molecule has 1 aliphatic heterocycles. The first-order valence-electron chi connectivity index (χ1n) is 6.49. The van der Waals surface area contributed by atoms with Gasteiger partial charge in [-0.15, -0.1) is 0 Å². The van der Waals surface area contributed by atoms with E-state index in [0.717, 1.165) is 12.8 Å². The number of carboxylic acid groups (broad SMARTS) is 1. The molecule has 0 aromatic heterocycles. The number of aliphatic carboxylic acids is 1. The Morgan fingerprint density at radius 1 is 1.39 bits per heavy atom. The van der Waals surface area contributed by atoms with Crippen LogP contribution in [-0.2, 0) is 4.79 Å². The van der Waals surface area contributed by atoms with Crippen LogP contribution in [0.4, 0.5) is 4.79 Å². The van der Waals surface area contributed by atoms with Gasteiger partial charge in [-0.05, 0) is 25.2 Å². The molecule has 4 unspecified atom stereocenters. The zero-order valence-electron chi connectivity index (χ0n) is 10.5. The van der Waals surface area contributed by atoms with Crippen LogP contribution in [0.15, 0.2) is 0 Å². The Morgan fingerprint density at radius 2 is 2.11 bits per heavy atom. The van der Waals surface area contributed by atoms with Crippen molar-refractivity contribution in [3.8, 4) is 0 Å². The van der Waals surface area contributed by atoms with E-state index in [1.165, 1.54) is 0 Å². The van der Waals surface area contributed by atoms with Gasteiger partial charge in [0.15, 0.2) is 0 Å². The lowest BCUT2D eigenvalue weighted by atomic mass is 10.00. The van der Waals surface area contributed by atoms with Crippen molar-refractivity contribution in [2.45, 2.75) is 38.3 Å². The van der Waals surface area contributed by atoms with Gasteiger partial charge in [0.25, 0.3) is 0 Å². The highest BCUT2D eigenvalue weighted by molar-refractivity contribution is 5.82. The van der Waals surface area contributed by atoms with Crippen molar-refractivity contribution in [2.75, 3.05) is 13.1 Å². The fraction of sp³-hybridized carbons (Fsp3) is 0.833. The number of carboxylic acids is 1. The monoisotopic (exact) mass is 256 g/mol. The fourth-order valence-electron chi connectivity index (χ4n) is 2.98. The molecule has 1 saturated carbocycles. The van der Waals surface area contributed by atoms with E-state index in [0.29, 0.717) is 25.4 Å². The molecule has 1 heterocycles. The van der Waals surface area contributed by atoms with Gasteiger partial charge in [0.05, 0.1) is 6.10 Å². The SMILES string of the molecule is CCC(NC(=O)N1CC2CCC(O)C2C1)C(=O)O. The molecule has 0 spiro atoms. The van der Waals surface area contributed by atoms with Crippen LogP contribution in [0.5, 0.6) is 0 Å². The number of likely N-dealkylation sites (tertiary alicyclic amines) is 1. The van der Waals surface area contributed by atoms with Gasteiger partial charge in [-0.2, -0.15) is 0 Å². The number of hydrogen-bond acceptors (Lipinski definition) is 3. The molecule has 0 radical (unpaired) electrons. The molecule has 0 aromatic rings. The Kier molecular flexibility index (Phi) is 3.75. The number of carbonyl (C=O) groups is 2. The van der Waals surface area contributed by atoms with Crippen molar-refractivity contribution in [3.05, 3.63) is 0 Å². The van der Waals surface area contributed by atoms with Crippen molar-refractivity contribution in [3.63, 3.8) is 0 Å². The Balaban J connectivity index is 1.90. The summed E-state index contributed by atoms with van der Waals surface area (Å²) in [5.41, 5.74) is 0. The van der Waals surface area contributed by atoms with E-state index in [1.54, 1.807) is 11.8 Å². The zero-order chi connectivity index (χ0) is 13.3. The molecule has 6 heteroatoms. The van der Waals surface area contributed by atoms with Crippen molar-refractivity contribution in [1.82, 2.24) is 10.2 Å². The van der Waals surface area contributed by atoms with Crippen LogP contribution in [0, 0.1) is 11.8 Å². The third-order valence-electron chi connectivity index (χ3n) is 4.11. The molecule has 2 rings (SSSR count). The lowest BCUT2D eigenvalue weighted by Crippen LogP contribution is -2.47. The summed E-state index contributed by atoms with van der Waals surface area (Å²) in [6.45, 7) is 2.89. The summed E-state index contributed by atoms with van der Waals surface area (Å²) >= 11 is 0. The van der Waals surface area contributed by atoms with Gasteiger partial charge in [0, 0.05) is 19.0 Å². The molecule has 6 nitrogen and oxygen atoms in total. The summed E-state index contributed by atoms with van der Waals surface area (Å²) < 4.78 is 0. The Bertz CT molecular complexity index is 347. The van der Waals surface area contributed by atoms with E-state index in [1.807, 2.05) is 0 Å². The standard InChI is InChI=1S/C12H20N2O4/c1-2-9(11(16)17)13-12(18)14-5-7-3-4-10(15)8(7)6-14/h7-10,15H,2-6H2,1H3,(H,13,18)(H,16,17). The van der Waals surface area contributed by atoms with E-state index >= 15 is 0 Å². The topological polar surface area (TPSA) is 89.9 Å². The number of urea groups is 1. The number of rotatable bonds is 3. The third kappa shape index (κ3) is 2.43. The summed E-state index contributed by atoms with van der Waals surface area (Å²) in [4.78, 5) is 24.4. The highest BCUT2D eigenvalue weighted by Crippen LogP contribution is 2.37. The van der Waals surface area contributed by atoms with E-state index in [2.05, 4.69) is 5.32 Å². The van der Waals surface area contributed by atoms with Gasteiger partial charge in [-0.1, -0.05) is 6.92 Å². The highest BCUT2D eigenvalue weighted by atomic mass is 16.4. The maximum atomic E-state index is 11.9. The van der Waals surface area contributed by atoms with Gasteiger partial charge in [-0.25, -0.2) is 9.59 Å². The van der Waals surface area contributed by atoms with Crippen molar-refractivity contribution >= 4 is 12.0 Å². The van der Waals surface area contributed by atoms with Gasteiger partial charge in [-0.3, -0.25) is 0 Å². The lowest BCUT2D eigenvalue weighted by molar-refractivity contribution is -0.139.